The van der Waals surface area contributed by atoms with E-state index in [1.807, 2.05) is 25.9 Å². The van der Waals surface area contributed by atoms with Gasteiger partial charge in [-0.25, -0.2) is 9.78 Å². The second-order valence-electron chi connectivity index (χ2n) is 4.77. The van der Waals surface area contributed by atoms with Crippen molar-refractivity contribution in [2.75, 3.05) is 20.6 Å². The Balaban J connectivity index is 2.78. The molecule has 1 unspecified atom stereocenters. The Morgan fingerprint density at radius 1 is 1.42 bits per heavy atom. The highest BCUT2D eigenvalue weighted by atomic mass is 16.4. The molecule has 0 fully saturated rings. The molecule has 104 valence electrons. The second kappa shape index (κ2) is 6.29. The molecule has 0 spiro atoms. The fourth-order valence-electron chi connectivity index (χ4n) is 1.80. The number of rotatable bonds is 5. The van der Waals surface area contributed by atoms with Gasteiger partial charge in [-0.2, -0.15) is 0 Å². The average Bonchev–Trinajstić information content (AvgIpc) is 2.26. The lowest BCUT2D eigenvalue weighted by Crippen LogP contribution is -2.39. The van der Waals surface area contributed by atoms with Crippen molar-refractivity contribution in [1.82, 2.24) is 15.2 Å². The Hall–Kier alpha value is -1.95. The number of pyridine rings is 1. The number of amides is 1. The number of aromatic carboxylic acids is 1. The Labute approximate surface area is 112 Å². The van der Waals surface area contributed by atoms with Crippen LogP contribution in [0.5, 0.6) is 0 Å². The molecule has 0 aliphatic rings. The first kappa shape index (κ1) is 15.1. The van der Waals surface area contributed by atoms with E-state index < -0.39 is 5.97 Å². The number of aryl methyl sites for hydroxylation is 1. The number of likely N-dealkylation sites (N-methyl/N-ethyl adjacent to an activating group) is 1. The van der Waals surface area contributed by atoms with Crippen LogP contribution in [0.2, 0.25) is 0 Å². The van der Waals surface area contributed by atoms with Gasteiger partial charge in [0.2, 0.25) is 0 Å². The van der Waals surface area contributed by atoms with Gasteiger partial charge in [-0.1, -0.05) is 0 Å². The third kappa shape index (κ3) is 4.33. The zero-order chi connectivity index (χ0) is 14.6. The molecule has 0 bridgehead atoms. The van der Waals surface area contributed by atoms with Crippen molar-refractivity contribution in [2.24, 2.45) is 0 Å². The van der Waals surface area contributed by atoms with E-state index in [2.05, 4.69) is 10.3 Å². The maximum Gasteiger partial charge on any atom is 0.337 e. The van der Waals surface area contributed by atoms with Gasteiger partial charge in [0, 0.05) is 12.6 Å². The molecule has 19 heavy (non-hydrogen) atoms. The number of carbonyl (C=O) groups is 2. The first-order chi connectivity index (χ1) is 8.81. The Morgan fingerprint density at radius 2 is 2.05 bits per heavy atom. The maximum atomic E-state index is 11.9. The first-order valence-corrected chi connectivity index (χ1v) is 5.97. The lowest BCUT2D eigenvalue weighted by atomic mass is 10.2. The number of carbonyl (C=O) groups excluding carboxylic acids is 1. The minimum absolute atomic E-state index is 0.0104. The molecule has 6 heteroatoms. The van der Waals surface area contributed by atoms with Gasteiger partial charge >= 0.3 is 5.97 Å². The first-order valence-electron chi connectivity index (χ1n) is 5.97. The van der Waals surface area contributed by atoms with E-state index >= 15 is 0 Å². The van der Waals surface area contributed by atoms with Gasteiger partial charge in [-0.15, -0.1) is 0 Å². The van der Waals surface area contributed by atoms with Crippen molar-refractivity contribution in [2.45, 2.75) is 19.9 Å². The molecule has 0 aromatic carbocycles. The zero-order valence-corrected chi connectivity index (χ0v) is 11.6. The summed E-state index contributed by atoms with van der Waals surface area (Å²) in [5.41, 5.74) is 0.673. The molecule has 0 saturated heterocycles. The van der Waals surface area contributed by atoms with Gasteiger partial charge in [0.05, 0.1) is 11.3 Å². The van der Waals surface area contributed by atoms with Gasteiger partial charge in [0.1, 0.15) is 5.69 Å². The largest absolute Gasteiger partial charge is 0.478 e. The number of nitrogens with one attached hydrogen (secondary N) is 1. The molecule has 1 aromatic heterocycles. The van der Waals surface area contributed by atoms with Gasteiger partial charge < -0.3 is 15.3 Å². The second-order valence-corrected chi connectivity index (χ2v) is 4.77. The fraction of sp³-hybridized carbons (Fsp3) is 0.462. The Bertz CT molecular complexity index is 486. The minimum Gasteiger partial charge on any atom is -0.478 e. The van der Waals surface area contributed by atoms with E-state index in [1.165, 1.54) is 12.1 Å². The minimum atomic E-state index is -1.04. The summed E-state index contributed by atoms with van der Waals surface area (Å²) >= 11 is 0. The quantitative estimate of drug-likeness (QED) is 0.821. The van der Waals surface area contributed by atoms with E-state index in [4.69, 9.17) is 5.11 Å². The van der Waals surface area contributed by atoms with Crippen LogP contribution in [-0.2, 0) is 0 Å². The van der Waals surface area contributed by atoms with Crippen LogP contribution in [0.3, 0.4) is 0 Å². The van der Waals surface area contributed by atoms with E-state index in [9.17, 15) is 9.59 Å². The number of hydrogen-bond donors (Lipinski definition) is 2. The maximum absolute atomic E-state index is 11.9. The van der Waals surface area contributed by atoms with Crippen LogP contribution in [0.15, 0.2) is 12.1 Å². The van der Waals surface area contributed by atoms with Crippen LogP contribution >= 0.6 is 0 Å². The van der Waals surface area contributed by atoms with E-state index in [0.717, 1.165) is 6.54 Å². The van der Waals surface area contributed by atoms with Gasteiger partial charge in [-0.05, 0) is 40.1 Å². The summed E-state index contributed by atoms with van der Waals surface area (Å²) in [6.07, 6.45) is 0. The number of aromatic nitrogens is 1. The number of carboxylic acids is 1. The molecule has 0 aliphatic carbocycles. The summed E-state index contributed by atoms with van der Waals surface area (Å²) in [7, 11) is 3.85. The molecule has 0 saturated carbocycles. The van der Waals surface area contributed by atoms with Crippen molar-refractivity contribution in [3.63, 3.8) is 0 Å². The molecular formula is C13H19N3O3. The van der Waals surface area contributed by atoms with Crippen molar-refractivity contribution in [3.8, 4) is 0 Å². The standard InChI is InChI=1S/C13H19N3O3/c1-8(7-16(3)4)14-12(17)11-6-5-10(13(18)19)9(2)15-11/h5-6,8H,7H2,1-4H3,(H,14,17)(H,18,19). The molecule has 1 rings (SSSR count). The van der Waals surface area contributed by atoms with Crippen LogP contribution < -0.4 is 5.32 Å². The predicted octanol–water partition coefficient (Wildman–Crippen LogP) is 0.768. The summed E-state index contributed by atoms with van der Waals surface area (Å²) < 4.78 is 0. The lowest BCUT2D eigenvalue weighted by Gasteiger charge is -2.18. The predicted molar refractivity (Wildman–Crippen MR) is 71.4 cm³/mol. The molecule has 0 aliphatic heterocycles. The highest BCUT2D eigenvalue weighted by Crippen LogP contribution is 2.07. The third-order valence-corrected chi connectivity index (χ3v) is 2.57. The summed E-state index contributed by atoms with van der Waals surface area (Å²) in [6.45, 7) is 4.19. The number of carboxylic acid groups (broad SMARTS) is 1. The number of hydrogen-bond acceptors (Lipinski definition) is 4. The summed E-state index contributed by atoms with van der Waals surface area (Å²) in [4.78, 5) is 28.8. The average molecular weight is 265 g/mol. The monoisotopic (exact) mass is 265 g/mol. The zero-order valence-electron chi connectivity index (χ0n) is 11.6. The third-order valence-electron chi connectivity index (χ3n) is 2.57. The molecular weight excluding hydrogens is 246 g/mol. The molecule has 6 nitrogen and oxygen atoms in total. The molecule has 1 aromatic rings. The van der Waals surface area contributed by atoms with Crippen molar-refractivity contribution in [3.05, 3.63) is 29.1 Å². The van der Waals surface area contributed by atoms with Gasteiger partial charge in [0.25, 0.3) is 5.91 Å². The highest BCUT2D eigenvalue weighted by molar-refractivity contribution is 5.94. The van der Waals surface area contributed by atoms with Crippen LogP contribution in [0.4, 0.5) is 0 Å². The fourth-order valence-corrected chi connectivity index (χ4v) is 1.80. The van der Waals surface area contributed by atoms with Gasteiger partial charge in [-0.3, -0.25) is 4.79 Å². The van der Waals surface area contributed by atoms with Crippen molar-refractivity contribution >= 4 is 11.9 Å². The smallest absolute Gasteiger partial charge is 0.337 e. The molecule has 0 radical (unpaired) electrons. The summed E-state index contributed by atoms with van der Waals surface area (Å²) in [5, 5.41) is 11.7. The van der Waals surface area contributed by atoms with Crippen LogP contribution in [0, 0.1) is 6.92 Å². The van der Waals surface area contributed by atoms with E-state index in [1.54, 1.807) is 6.92 Å². The lowest BCUT2D eigenvalue weighted by molar-refractivity contribution is 0.0694. The van der Waals surface area contributed by atoms with E-state index in [-0.39, 0.29) is 23.2 Å². The van der Waals surface area contributed by atoms with Crippen molar-refractivity contribution < 1.29 is 14.7 Å². The molecule has 1 heterocycles. The van der Waals surface area contributed by atoms with Crippen LogP contribution in [0.25, 0.3) is 0 Å². The summed E-state index contributed by atoms with van der Waals surface area (Å²) in [6, 6.07) is 2.81. The SMILES string of the molecule is Cc1nc(C(=O)NC(C)CN(C)C)ccc1C(=O)O. The number of nitrogens with zero attached hydrogens (tertiary/aromatic N) is 2. The summed E-state index contributed by atoms with van der Waals surface area (Å²) in [5.74, 6) is -1.34. The molecule has 2 N–H and O–H groups in total. The van der Waals surface area contributed by atoms with Crippen LogP contribution in [-0.4, -0.2) is 53.5 Å². The van der Waals surface area contributed by atoms with Gasteiger partial charge in [0.15, 0.2) is 0 Å². The highest BCUT2D eigenvalue weighted by Gasteiger charge is 2.14. The molecule has 1 atom stereocenters. The Morgan fingerprint density at radius 3 is 2.53 bits per heavy atom. The topological polar surface area (TPSA) is 82.5 Å². The van der Waals surface area contributed by atoms with E-state index in [0.29, 0.717) is 5.69 Å². The van der Waals surface area contributed by atoms with Crippen LogP contribution in [0.1, 0.15) is 33.5 Å². The van der Waals surface area contributed by atoms with Crippen molar-refractivity contribution in [1.29, 1.82) is 0 Å². The Kier molecular flexibility index (Phi) is 5.00. The molecule has 1 amide bonds. The normalized spacial score (nSPS) is 12.3.